The van der Waals surface area contributed by atoms with E-state index in [0.29, 0.717) is 13.2 Å². The van der Waals surface area contributed by atoms with Gasteiger partial charge in [-0.3, -0.25) is 0 Å². The molecule has 0 unspecified atom stereocenters. The maximum absolute atomic E-state index is 5.70. The molecule has 0 N–H and O–H groups in total. The zero-order valence-electron chi connectivity index (χ0n) is 14.3. The predicted octanol–water partition coefficient (Wildman–Crippen LogP) is 4.93. The van der Waals surface area contributed by atoms with Crippen molar-refractivity contribution < 1.29 is 9.47 Å². The Labute approximate surface area is 137 Å². The molecule has 3 heteroatoms. The zero-order chi connectivity index (χ0) is 15.6. The molecule has 1 aliphatic heterocycles. The lowest BCUT2D eigenvalue weighted by Gasteiger charge is -2.20. The Morgan fingerprint density at radius 3 is 2.23 bits per heavy atom. The van der Waals surface area contributed by atoms with Crippen molar-refractivity contribution >= 4 is 14.0 Å². The summed E-state index contributed by atoms with van der Waals surface area (Å²) < 4.78 is 11.3. The lowest BCUT2D eigenvalue weighted by Crippen LogP contribution is -2.27. The van der Waals surface area contributed by atoms with E-state index in [9.17, 15) is 0 Å². The molecule has 0 fully saturated rings. The molecule has 2 nitrogen and oxygen atoms in total. The first-order valence-electron chi connectivity index (χ1n) is 9.03. The number of hydrogen-bond acceptors (Lipinski definition) is 2. The van der Waals surface area contributed by atoms with Gasteiger partial charge in [0.25, 0.3) is 0 Å². The van der Waals surface area contributed by atoms with Crippen LogP contribution in [0.4, 0.5) is 0 Å². The third-order valence-electron chi connectivity index (χ3n) is 4.44. The van der Waals surface area contributed by atoms with Gasteiger partial charge in [-0.05, 0) is 12.1 Å². The summed E-state index contributed by atoms with van der Waals surface area (Å²) in [6.45, 7) is 6.06. The van der Waals surface area contributed by atoms with Gasteiger partial charge in [0.2, 0.25) is 0 Å². The van der Waals surface area contributed by atoms with Crippen LogP contribution in [0.5, 0.6) is 11.5 Å². The Morgan fingerprint density at radius 1 is 0.864 bits per heavy atom. The van der Waals surface area contributed by atoms with E-state index in [0.717, 1.165) is 11.5 Å². The van der Waals surface area contributed by atoms with E-state index in [4.69, 9.17) is 9.47 Å². The van der Waals surface area contributed by atoms with E-state index in [2.05, 4.69) is 31.7 Å². The summed E-state index contributed by atoms with van der Waals surface area (Å²) in [5.41, 5.74) is 0. The van der Waals surface area contributed by atoms with Gasteiger partial charge in [-0.2, -0.15) is 0 Å². The first-order chi connectivity index (χ1) is 10.8. The lowest BCUT2D eigenvalue weighted by molar-refractivity contribution is 0.172. The fourth-order valence-electron chi connectivity index (χ4n) is 2.98. The summed E-state index contributed by atoms with van der Waals surface area (Å²) >= 11 is 0. The quantitative estimate of drug-likeness (QED) is 0.450. The molecule has 1 aromatic rings. The van der Waals surface area contributed by atoms with E-state index in [-0.39, 0.29) is 0 Å². The van der Waals surface area contributed by atoms with Crippen molar-refractivity contribution in [2.45, 2.75) is 70.9 Å². The third kappa shape index (κ3) is 5.67. The van der Waals surface area contributed by atoms with Gasteiger partial charge >= 0.3 is 0 Å². The molecule has 1 aromatic carbocycles. The SMILES string of the molecule is CCCCCCCCCC[Si](C)c1ccc2c(c1)OCCO2. The third-order valence-corrected chi connectivity index (χ3v) is 6.84. The first kappa shape index (κ1) is 17.4. The molecule has 22 heavy (non-hydrogen) atoms. The summed E-state index contributed by atoms with van der Waals surface area (Å²) in [7, 11) is -0.436. The van der Waals surface area contributed by atoms with Gasteiger partial charge in [0.15, 0.2) is 11.5 Å². The van der Waals surface area contributed by atoms with Crippen LogP contribution in [0.25, 0.3) is 0 Å². The fourth-order valence-corrected chi connectivity index (χ4v) is 4.79. The van der Waals surface area contributed by atoms with Crippen LogP contribution in [0.1, 0.15) is 58.3 Å². The molecule has 1 aliphatic rings. The van der Waals surface area contributed by atoms with Crippen LogP contribution in [-0.4, -0.2) is 22.0 Å². The molecule has 0 saturated heterocycles. The Morgan fingerprint density at radius 2 is 1.50 bits per heavy atom. The predicted molar refractivity (Wildman–Crippen MR) is 96.1 cm³/mol. The molecule has 2 rings (SSSR count). The van der Waals surface area contributed by atoms with Gasteiger partial charge in [0.05, 0.1) is 8.80 Å². The Bertz CT molecular complexity index is 433. The molecule has 0 amide bonds. The first-order valence-corrected chi connectivity index (χ1v) is 11.2. The molecular formula is C19H31O2Si. The van der Waals surface area contributed by atoms with E-state index >= 15 is 0 Å². The van der Waals surface area contributed by atoms with Gasteiger partial charge in [0, 0.05) is 0 Å². The highest BCUT2D eigenvalue weighted by Crippen LogP contribution is 2.28. The molecule has 1 radical (unpaired) electrons. The molecule has 0 bridgehead atoms. The van der Waals surface area contributed by atoms with Gasteiger partial charge in [-0.1, -0.05) is 82.1 Å². The molecule has 0 spiro atoms. The second-order valence-corrected chi connectivity index (χ2v) is 9.00. The maximum atomic E-state index is 5.70. The van der Waals surface area contributed by atoms with E-state index in [1.54, 1.807) is 0 Å². The topological polar surface area (TPSA) is 18.5 Å². The minimum Gasteiger partial charge on any atom is -0.486 e. The van der Waals surface area contributed by atoms with Crippen LogP contribution < -0.4 is 14.7 Å². The maximum Gasteiger partial charge on any atom is 0.161 e. The lowest BCUT2D eigenvalue weighted by atomic mass is 10.1. The van der Waals surface area contributed by atoms with Crippen molar-refractivity contribution in [3.63, 3.8) is 0 Å². The highest BCUT2D eigenvalue weighted by molar-refractivity contribution is 6.72. The number of fused-ring (bicyclic) bond motifs is 1. The number of benzene rings is 1. The molecule has 0 atom stereocenters. The summed E-state index contributed by atoms with van der Waals surface area (Å²) in [6, 6.07) is 7.92. The minimum atomic E-state index is -0.436. The number of hydrogen-bond donors (Lipinski definition) is 0. The minimum absolute atomic E-state index is 0.436. The Hall–Kier alpha value is -0.963. The average molecular weight is 320 g/mol. The standard InChI is InChI=1S/C19H31O2Si/c1-3-4-5-6-7-8-9-10-15-22(2)17-11-12-18-19(16-17)21-14-13-20-18/h11-12,16H,3-10,13-15H2,1-2H3. The molecule has 1 heterocycles. The number of rotatable bonds is 10. The Kier molecular flexibility index (Phi) is 7.85. The summed E-state index contributed by atoms with van der Waals surface area (Å²) in [6.07, 6.45) is 11.2. The smallest absolute Gasteiger partial charge is 0.161 e. The van der Waals surface area contributed by atoms with Crippen molar-refractivity contribution in [2.75, 3.05) is 13.2 Å². The Balaban J connectivity index is 1.64. The van der Waals surface area contributed by atoms with Crippen molar-refractivity contribution in [1.29, 1.82) is 0 Å². The second-order valence-electron chi connectivity index (χ2n) is 6.36. The number of ether oxygens (including phenoxy) is 2. The van der Waals surface area contributed by atoms with Crippen LogP contribution in [0.2, 0.25) is 12.6 Å². The average Bonchev–Trinajstić information content (AvgIpc) is 2.56. The molecular weight excluding hydrogens is 288 g/mol. The summed E-state index contributed by atoms with van der Waals surface area (Å²) in [5.74, 6) is 1.86. The van der Waals surface area contributed by atoms with Crippen molar-refractivity contribution in [3.05, 3.63) is 18.2 Å². The number of unbranched alkanes of at least 4 members (excludes halogenated alkanes) is 7. The van der Waals surface area contributed by atoms with Crippen LogP contribution in [0.15, 0.2) is 18.2 Å². The second kappa shape index (κ2) is 9.93. The fraction of sp³-hybridized carbons (Fsp3) is 0.684. The van der Waals surface area contributed by atoms with Crippen LogP contribution in [0.3, 0.4) is 0 Å². The van der Waals surface area contributed by atoms with Crippen LogP contribution in [0, 0.1) is 0 Å². The van der Waals surface area contributed by atoms with Crippen LogP contribution in [-0.2, 0) is 0 Å². The van der Waals surface area contributed by atoms with Crippen molar-refractivity contribution in [2.24, 2.45) is 0 Å². The van der Waals surface area contributed by atoms with Gasteiger partial charge in [0.1, 0.15) is 13.2 Å². The van der Waals surface area contributed by atoms with Gasteiger partial charge < -0.3 is 9.47 Å². The molecule has 123 valence electrons. The van der Waals surface area contributed by atoms with Gasteiger partial charge in [-0.25, -0.2) is 0 Å². The van der Waals surface area contributed by atoms with Crippen molar-refractivity contribution in [1.82, 2.24) is 0 Å². The molecule has 0 aromatic heterocycles. The largest absolute Gasteiger partial charge is 0.486 e. The summed E-state index contributed by atoms with van der Waals surface area (Å²) in [4.78, 5) is 0. The van der Waals surface area contributed by atoms with E-state index < -0.39 is 8.80 Å². The summed E-state index contributed by atoms with van der Waals surface area (Å²) in [5, 5.41) is 1.48. The van der Waals surface area contributed by atoms with Crippen LogP contribution >= 0.6 is 0 Å². The normalized spacial score (nSPS) is 13.6. The zero-order valence-corrected chi connectivity index (χ0v) is 15.3. The van der Waals surface area contributed by atoms with E-state index in [1.807, 2.05) is 0 Å². The molecule has 0 saturated carbocycles. The molecule has 0 aliphatic carbocycles. The highest BCUT2D eigenvalue weighted by Gasteiger charge is 2.15. The van der Waals surface area contributed by atoms with Crippen molar-refractivity contribution in [3.8, 4) is 11.5 Å². The highest BCUT2D eigenvalue weighted by atomic mass is 28.3. The van der Waals surface area contributed by atoms with Gasteiger partial charge in [-0.15, -0.1) is 0 Å². The monoisotopic (exact) mass is 319 g/mol. The van der Waals surface area contributed by atoms with E-state index in [1.165, 1.54) is 62.6 Å².